The lowest BCUT2D eigenvalue weighted by molar-refractivity contribution is -0.173. The molecular formula is C9H14O4. The molecule has 0 bridgehead atoms. The smallest absolute Gasteiger partial charge is 0.311 e. The van der Waals surface area contributed by atoms with Crippen molar-refractivity contribution in [2.75, 3.05) is 19.8 Å². The summed E-state index contributed by atoms with van der Waals surface area (Å²) in [5.41, 5.74) is 0. The number of carbonyl (C=O) groups is 1. The average Bonchev–Trinajstić information content (AvgIpc) is 2.48. The standard InChI is InChI=1S/C9H14O4/c1-3-4-11-8(10)7-9(2)12-5-6-13-9/h3H,1,4-7H2,2H3. The van der Waals surface area contributed by atoms with E-state index in [4.69, 9.17) is 14.2 Å². The van der Waals surface area contributed by atoms with Crippen molar-refractivity contribution < 1.29 is 19.0 Å². The first-order valence-corrected chi connectivity index (χ1v) is 4.21. The van der Waals surface area contributed by atoms with Crippen LogP contribution in [-0.2, 0) is 19.0 Å². The van der Waals surface area contributed by atoms with Crippen LogP contribution in [0.2, 0.25) is 0 Å². The van der Waals surface area contributed by atoms with E-state index in [2.05, 4.69) is 6.58 Å². The van der Waals surface area contributed by atoms with Crippen LogP contribution in [0.15, 0.2) is 12.7 Å². The Morgan fingerprint density at radius 2 is 2.23 bits per heavy atom. The molecule has 1 saturated heterocycles. The summed E-state index contributed by atoms with van der Waals surface area (Å²) in [5.74, 6) is -1.12. The van der Waals surface area contributed by atoms with Gasteiger partial charge in [-0.25, -0.2) is 0 Å². The van der Waals surface area contributed by atoms with Crippen LogP contribution in [0.1, 0.15) is 13.3 Å². The molecule has 0 aromatic rings. The highest BCUT2D eigenvalue weighted by Crippen LogP contribution is 2.22. The third kappa shape index (κ3) is 3.16. The van der Waals surface area contributed by atoms with E-state index in [0.717, 1.165) is 0 Å². The number of esters is 1. The number of hydrogen-bond acceptors (Lipinski definition) is 4. The number of hydrogen-bond donors (Lipinski definition) is 0. The predicted octanol–water partition coefficient (Wildman–Crippen LogP) is 0.869. The van der Waals surface area contributed by atoms with Crippen LogP contribution in [-0.4, -0.2) is 31.6 Å². The maximum absolute atomic E-state index is 11.1. The molecule has 1 aliphatic heterocycles. The highest BCUT2D eigenvalue weighted by atomic mass is 16.7. The maximum atomic E-state index is 11.1. The van der Waals surface area contributed by atoms with Crippen LogP contribution in [0, 0.1) is 0 Å². The normalized spacial score (nSPS) is 19.8. The molecule has 13 heavy (non-hydrogen) atoms. The van der Waals surface area contributed by atoms with Gasteiger partial charge in [-0.2, -0.15) is 0 Å². The first-order chi connectivity index (χ1) is 6.16. The van der Waals surface area contributed by atoms with Gasteiger partial charge in [-0.15, -0.1) is 0 Å². The second kappa shape index (κ2) is 4.39. The molecule has 0 atom stereocenters. The van der Waals surface area contributed by atoms with Gasteiger partial charge in [-0.05, 0) is 6.92 Å². The number of carbonyl (C=O) groups excluding carboxylic acids is 1. The van der Waals surface area contributed by atoms with Crippen LogP contribution in [0.4, 0.5) is 0 Å². The Bertz CT molecular complexity index is 194. The van der Waals surface area contributed by atoms with Crippen molar-refractivity contribution in [3.8, 4) is 0 Å². The van der Waals surface area contributed by atoms with E-state index in [-0.39, 0.29) is 19.0 Å². The minimum Gasteiger partial charge on any atom is -0.461 e. The van der Waals surface area contributed by atoms with E-state index in [1.807, 2.05) is 0 Å². The molecule has 0 unspecified atom stereocenters. The number of rotatable bonds is 4. The largest absolute Gasteiger partial charge is 0.461 e. The second-order valence-corrected chi connectivity index (χ2v) is 2.98. The molecule has 1 aliphatic rings. The lowest BCUT2D eigenvalue weighted by atomic mass is 10.2. The summed E-state index contributed by atoms with van der Waals surface area (Å²) in [6.45, 7) is 6.47. The average molecular weight is 186 g/mol. The Labute approximate surface area is 77.5 Å². The summed E-state index contributed by atoms with van der Waals surface area (Å²) in [7, 11) is 0. The molecule has 0 amide bonds. The summed E-state index contributed by atoms with van der Waals surface area (Å²) in [6.07, 6.45) is 1.65. The molecule has 0 spiro atoms. The van der Waals surface area contributed by atoms with Gasteiger partial charge in [0.05, 0.1) is 19.6 Å². The van der Waals surface area contributed by atoms with Crippen molar-refractivity contribution in [3.63, 3.8) is 0 Å². The van der Waals surface area contributed by atoms with E-state index < -0.39 is 5.79 Å². The molecule has 1 fully saturated rings. The lowest BCUT2D eigenvalue weighted by Gasteiger charge is -2.20. The predicted molar refractivity (Wildman–Crippen MR) is 46.1 cm³/mol. The number of ether oxygens (including phenoxy) is 3. The third-order valence-electron chi connectivity index (χ3n) is 1.73. The van der Waals surface area contributed by atoms with Gasteiger partial charge in [0.2, 0.25) is 0 Å². The van der Waals surface area contributed by atoms with Crippen molar-refractivity contribution in [1.82, 2.24) is 0 Å². The van der Waals surface area contributed by atoms with Crippen molar-refractivity contribution in [1.29, 1.82) is 0 Å². The van der Waals surface area contributed by atoms with Crippen molar-refractivity contribution >= 4 is 5.97 Å². The molecule has 0 N–H and O–H groups in total. The zero-order valence-corrected chi connectivity index (χ0v) is 7.75. The van der Waals surface area contributed by atoms with Crippen LogP contribution in [0.5, 0.6) is 0 Å². The van der Waals surface area contributed by atoms with Crippen LogP contribution in [0.3, 0.4) is 0 Å². The monoisotopic (exact) mass is 186 g/mol. The molecule has 4 nitrogen and oxygen atoms in total. The Morgan fingerprint density at radius 1 is 1.62 bits per heavy atom. The molecule has 74 valence electrons. The lowest BCUT2D eigenvalue weighted by Crippen LogP contribution is -2.29. The van der Waals surface area contributed by atoms with Gasteiger partial charge in [0, 0.05) is 0 Å². The molecule has 0 radical (unpaired) electrons. The quantitative estimate of drug-likeness (QED) is 0.482. The van der Waals surface area contributed by atoms with E-state index in [1.165, 1.54) is 6.08 Å². The van der Waals surface area contributed by atoms with Crippen molar-refractivity contribution in [2.45, 2.75) is 19.1 Å². The zero-order valence-electron chi connectivity index (χ0n) is 7.75. The molecule has 4 heteroatoms. The van der Waals surface area contributed by atoms with Gasteiger partial charge in [0.15, 0.2) is 5.79 Å². The van der Waals surface area contributed by atoms with Crippen LogP contribution >= 0.6 is 0 Å². The van der Waals surface area contributed by atoms with E-state index in [0.29, 0.717) is 13.2 Å². The summed E-state index contributed by atoms with van der Waals surface area (Å²) in [6, 6.07) is 0. The Kier molecular flexibility index (Phi) is 3.45. The minimum absolute atomic E-state index is 0.126. The molecule has 0 aromatic heterocycles. The Hall–Kier alpha value is -0.870. The van der Waals surface area contributed by atoms with E-state index in [1.54, 1.807) is 6.92 Å². The fraction of sp³-hybridized carbons (Fsp3) is 0.667. The van der Waals surface area contributed by atoms with Gasteiger partial charge in [0.1, 0.15) is 6.61 Å². The van der Waals surface area contributed by atoms with Gasteiger partial charge < -0.3 is 14.2 Å². The minimum atomic E-state index is -0.793. The fourth-order valence-corrected chi connectivity index (χ4v) is 1.12. The first kappa shape index (κ1) is 10.2. The first-order valence-electron chi connectivity index (χ1n) is 4.21. The summed E-state index contributed by atoms with van der Waals surface area (Å²) >= 11 is 0. The molecular weight excluding hydrogens is 172 g/mol. The highest BCUT2D eigenvalue weighted by Gasteiger charge is 2.34. The van der Waals surface area contributed by atoms with Crippen LogP contribution in [0.25, 0.3) is 0 Å². The SMILES string of the molecule is C=CCOC(=O)CC1(C)OCCO1. The molecule has 0 saturated carbocycles. The summed E-state index contributed by atoms with van der Waals surface area (Å²) in [5, 5.41) is 0. The van der Waals surface area contributed by atoms with Gasteiger partial charge in [-0.1, -0.05) is 12.7 Å². The van der Waals surface area contributed by atoms with Gasteiger partial charge in [0.25, 0.3) is 0 Å². The Balaban J connectivity index is 2.29. The summed E-state index contributed by atoms with van der Waals surface area (Å²) < 4.78 is 15.3. The third-order valence-corrected chi connectivity index (χ3v) is 1.73. The van der Waals surface area contributed by atoms with E-state index in [9.17, 15) is 4.79 Å². The van der Waals surface area contributed by atoms with Gasteiger partial charge in [-0.3, -0.25) is 4.79 Å². The zero-order chi connectivity index (χ0) is 9.73. The molecule has 1 heterocycles. The topological polar surface area (TPSA) is 44.8 Å². The second-order valence-electron chi connectivity index (χ2n) is 2.98. The van der Waals surface area contributed by atoms with Crippen LogP contribution < -0.4 is 0 Å². The van der Waals surface area contributed by atoms with E-state index >= 15 is 0 Å². The fourth-order valence-electron chi connectivity index (χ4n) is 1.12. The Morgan fingerprint density at radius 3 is 2.77 bits per heavy atom. The summed E-state index contributed by atoms with van der Waals surface area (Å²) in [4.78, 5) is 11.1. The molecule has 0 aromatic carbocycles. The molecule has 1 rings (SSSR count). The van der Waals surface area contributed by atoms with Crippen molar-refractivity contribution in [2.24, 2.45) is 0 Å². The van der Waals surface area contributed by atoms with Gasteiger partial charge >= 0.3 is 5.97 Å². The van der Waals surface area contributed by atoms with Crippen molar-refractivity contribution in [3.05, 3.63) is 12.7 Å². The maximum Gasteiger partial charge on any atom is 0.311 e. The highest BCUT2D eigenvalue weighted by molar-refractivity contribution is 5.70. The molecule has 0 aliphatic carbocycles.